The molecule has 0 N–H and O–H groups in total. The van der Waals surface area contributed by atoms with Crippen LogP contribution in [0.3, 0.4) is 0 Å². The van der Waals surface area contributed by atoms with Crippen molar-refractivity contribution in [3.63, 3.8) is 0 Å². The van der Waals surface area contributed by atoms with E-state index in [2.05, 4.69) is 9.98 Å². The van der Waals surface area contributed by atoms with Crippen LogP contribution >= 0.6 is 22.9 Å². The maximum absolute atomic E-state index is 5.75. The quantitative estimate of drug-likeness (QED) is 0.805. The number of methoxy groups -OCH3 is 2. The molecule has 0 aliphatic rings. The van der Waals surface area contributed by atoms with E-state index in [4.69, 9.17) is 21.1 Å². The Morgan fingerprint density at radius 2 is 2.17 bits per heavy atom. The first-order chi connectivity index (χ1) is 8.72. The minimum absolute atomic E-state index is 0.494. The van der Waals surface area contributed by atoms with Gasteiger partial charge in [0.1, 0.15) is 17.2 Å². The Balaban J connectivity index is 2.29. The van der Waals surface area contributed by atoms with Crippen LogP contribution in [0.2, 0.25) is 4.47 Å². The van der Waals surface area contributed by atoms with E-state index in [9.17, 15) is 0 Å². The lowest BCUT2D eigenvalue weighted by molar-refractivity contribution is 0.404. The van der Waals surface area contributed by atoms with Gasteiger partial charge in [0.25, 0.3) is 0 Å². The van der Waals surface area contributed by atoms with E-state index < -0.39 is 0 Å². The number of thiazole rings is 1. The van der Waals surface area contributed by atoms with Gasteiger partial charge < -0.3 is 9.47 Å². The predicted molar refractivity (Wildman–Crippen MR) is 73.9 cm³/mol. The Bertz CT molecular complexity index is 569. The number of aliphatic imine (C=N–C) groups is 1. The molecule has 2 rings (SSSR count). The molecule has 94 valence electrons. The van der Waals surface area contributed by atoms with Gasteiger partial charge in [0.15, 0.2) is 4.47 Å². The van der Waals surface area contributed by atoms with Crippen LogP contribution in [0.4, 0.5) is 5.69 Å². The average molecular weight is 283 g/mol. The zero-order valence-electron chi connectivity index (χ0n) is 9.88. The summed E-state index contributed by atoms with van der Waals surface area (Å²) >= 11 is 7.11. The van der Waals surface area contributed by atoms with Crippen LogP contribution < -0.4 is 9.47 Å². The molecule has 0 saturated carbocycles. The highest BCUT2D eigenvalue weighted by atomic mass is 35.5. The molecular weight excluding hydrogens is 272 g/mol. The van der Waals surface area contributed by atoms with Crippen molar-refractivity contribution in [3.8, 4) is 11.5 Å². The van der Waals surface area contributed by atoms with E-state index in [-0.39, 0.29) is 0 Å². The standard InChI is InChI=1S/C12H11ClN2O2S/c1-16-8-3-4-11(17-2)10(5-8)14-6-9-7-15-12(13)18-9/h3-7H,1-2H3. The van der Waals surface area contributed by atoms with E-state index in [0.29, 0.717) is 15.9 Å². The van der Waals surface area contributed by atoms with Crippen molar-refractivity contribution in [2.75, 3.05) is 14.2 Å². The molecule has 1 aromatic carbocycles. The van der Waals surface area contributed by atoms with E-state index >= 15 is 0 Å². The van der Waals surface area contributed by atoms with Crippen molar-refractivity contribution in [1.82, 2.24) is 4.98 Å². The number of aromatic nitrogens is 1. The third-order valence-electron chi connectivity index (χ3n) is 2.21. The Morgan fingerprint density at radius 1 is 1.33 bits per heavy atom. The van der Waals surface area contributed by atoms with Crippen LogP contribution in [0.5, 0.6) is 11.5 Å². The molecule has 18 heavy (non-hydrogen) atoms. The average Bonchev–Trinajstić information content (AvgIpc) is 2.81. The topological polar surface area (TPSA) is 43.7 Å². The molecule has 6 heteroatoms. The van der Waals surface area contributed by atoms with Gasteiger partial charge in [0.2, 0.25) is 0 Å². The fraction of sp³-hybridized carbons (Fsp3) is 0.167. The van der Waals surface area contributed by atoms with Gasteiger partial charge in [-0.05, 0) is 12.1 Å². The molecule has 0 bridgehead atoms. The molecule has 0 unspecified atom stereocenters. The SMILES string of the molecule is COc1ccc(OC)c(N=Cc2cnc(Cl)s2)c1. The zero-order chi connectivity index (χ0) is 13.0. The summed E-state index contributed by atoms with van der Waals surface area (Å²) in [6.07, 6.45) is 3.37. The number of hydrogen-bond acceptors (Lipinski definition) is 5. The van der Waals surface area contributed by atoms with Gasteiger partial charge in [-0.1, -0.05) is 11.6 Å². The minimum atomic E-state index is 0.494. The Labute approximate surface area is 114 Å². The molecule has 0 aliphatic carbocycles. The summed E-state index contributed by atoms with van der Waals surface area (Å²) in [5.74, 6) is 1.41. The summed E-state index contributed by atoms with van der Waals surface area (Å²) < 4.78 is 10.9. The number of ether oxygens (including phenoxy) is 2. The second kappa shape index (κ2) is 5.84. The predicted octanol–water partition coefficient (Wildman–Crippen LogP) is 3.56. The van der Waals surface area contributed by atoms with Crippen LogP contribution in [0.1, 0.15) is 4.88 Å². The highest BCUT2D eigenvalue weighted by Crippen LogP contribution is 2.31. The lowest BCUT2D eigenvalue weighted by Crippen LogP contribution is -1.86. The summed E-state index contributed by atoms with van der Waals surface area (Å²) in [5, 5.41) is 0. The molecule has 0 radical (unpaired) electrons. The molecule has 0 fully saturated rings. The Hall–Kier alpha value is -1.59. The number of nitrogens with zero attached hydrogens (tertiary/aromatic N) is 2. The summed E-state index contributed by atoms with van der Waals surface area (Å²) in [7, 11) is 3.21. The third-order valence-corrected chi connectivity index (χ3v) is 3.26. The van der Waals surface area contributed by atoms with Crippen molar-refractivity contribution >= 4 is 34.8 Å². The van der Waals surface area contributed by atoms with E-state index in [1.54, 1.807) is 32.7 Å². The molecule has 0 amide bonds. The maximum Gasteiger partial charge on any atom is 0.184 e. The molecule has 0 aliphatic heterocycles. The molecule has 1 heterocycles. The second-order valence-corrected chi connectivity index (χ2v) is 4.96. The highest BCUT2D eigenvalue weighted by molar-refractivity contribution is 7.17. The fourth-order valence-electron chi connectivity index (χ4n) is 1.35. The lowest BCUT2D eigenvalue weighted by atomic mass is 10.3. The van der Waals surface area contributed by atoms with Crippen LogP contribution in [0.25, 0.3) is 0 Å². The largest absolute Gasteiger partial charge is 0.497 e. The van der Waals surface area contributed by atoms with Crippen LogP contribution in [-0.2, 0) is 0 Å². The molecule has 1 aromatic heterocycles. The second-order valence-electron chi connectivity index (χ2n) is 3.31. The van der Waals surface area contributed by atoms with Gasteiger partial charge in [0, 0.05) is 18.5 Å². The number of halogens is 1. The highest BCUT2D eigenvalue weighted by Gasteiger charge is 2.03. The number of hydrogen-bond donors (Lipinski definition) is 0. The van der Waals surface area contributed by atoms with Gasteiger partial charge in [-0.15, -0.1) is 11.3 Å². The summed E-state index contributed by atoms with van der Waals surface area (Å²) in [5.41, 5.74) is 0.696. The maximum atomic E-state index is 5.75. The van der Waals surface area contributed by atoms with E-state index in [0.717, 1.165) is 10.6 Å². The van der Waals surface area contributed by atoms with Crippen molar-refractivity contribution in [2.45, 2.75) is 0 Å². The smallest absolute Gasteiger partial charge is 0.184 e. The summed E-state index contributed by atoms with van der Waals surface area (Å²) in [6.45, 7) is 0. The summed E-state index contributed by atoms with van der Waals surface area (Å²) in [6, 6.07) is 5.44. The molecular formula is C12H11ClN2O2S. The van der Waals surface area contributed by atoms with Gasteiger partial charge in [-0.2, -0.15) is 0 Å². The first kappa shape index (κ1) is 12.9. The van der Waals surface area contributed by atoms with Crippen molar-refractivity contribution < 1.29 is 9.47 Å². The Kier molecular flexibility index (Phi) is 4.17. The van der Waals surface area contributed by atoms with Crippen molar-refractivity contribution in [3.05, 3.63) is 33.7 Å². The number of rotatable bonds is 4. The minimum Gasteiger partial charge on any atom is -0.497 e. The van der Waals surface area contributed by atoms with Crippen LogP contribution in [0, 0.1) is 0 Å². The van der Waals surface area contributed by atoms with Crippen molar-refractivity contribution in [2.24, 2.45) is 4.99 Å². The molecule has 0 spiro atoms. The Morgan fingerprint density at radius 3 is 2.78 bits per heavy atom. The summed E-state index contributed by atoms with van der Waals surface area (Å²) in [4.78, 5) is 9.17. The van der Waals surface area contributed by atoms with Gasteiger partial charge in [0.05, 0.1) is 19.1 Å². The fourth-order valence-corrected chi connectivity index (χ4v) is 2.18. The van der Waals surface area contributed by atoms with Gasteiger partial charge in [-0.3, -0.25) is 4.99 Å². The zero-order valence-corrected chi connectivity index (χ0v) is 11.5. The van der Waals surface area contributed by atoms with Crippen LogP contribution in [0.15, 0.2) is 29.4 Å². The van der Waals surface area contributed by atoms with E-state index in [1.165, 1.54) is 11.3 Å². The third kappa shape index (κ3) is 3.00. The first-order valence-electron chi connectivity index (χ1n) is 5.10. The van der Waals surface area contributed by atoms with Gasteiger partial charge in [-0.25, -0.2) is 4.98 Å². The first-order valence-corrected chi connectivity index (χ1v) is 6.30. The molecule has 0 atom stereocenters. The van der Waals surface area contributed by atoms with Gasteiger partial charge >= 0.3 is 0 Å². The molecule has 0 saturated heterocycles. The number of benzene rings is 1. The van der Waals surface area contributed by atoms with E-state index in [1.807, 2.05) is 12.1 Å². The monoisotopic (exact) mass is 282 g/mol. The van der Waals surface area contributed by atoms with Crippen LogP contribution in [-0.4, -0.2) is 25.4 Å². The normalized spacial score (nSPS) is 10.8. The van der Waals surface area contributed by atoms with Crippen molar-refractivity contribution in [1.29, 1.82) is 0 Å². The molecule has 2 aromatic rings. The molecule has 4 nitrogen and oxygen atoms in total. The lowest BCUT2D eigenvalue weighted by Gasteiger charge is -2.06.